The van der Waals surface area contributed by atoms with Crippen molar-refractivity contribution in [2.75, 3.05) is 12.4 Å². The van der Waals surface area contributed by atoms with Gasteiger partial charge >= 0.3 is 0 Å². The third-order valence-electron chi connectivity index (χ3n) is 6.10. The van der Waals surface area contributed by atoms with Crippen molar-refractivity contribution >= 4 is 34.1 Å². The van der Waals surface area contributed by atoms with E-state index in [0.29, 0.717) is 10.3 Å². The van der Waals surface area contributed by atoms with Gasteiger partial charge in [0.25, 0.3) is 0 Å². The molecule has 3 aromatic carbocycles. The number of amides is 1. The van der Waals surface area contributed by atoms with Gasteiger partial charge in [0, 0.05) is 22.1 Å². The number of hydrogen-bond acceptors (Lipinski definition) is 6. The molecule has 38 heavy (non-hydrogen) atoms. The molecule has 1 amide bonds. The number of ether oxygens (including phenoxy) is 1. The number of rotatable bonds is 8. The average Bonchev–Trinajstić information content (AvgIpc) is 3.57. The second kappa shape index (κ2) is 11.2. The zero-order chi connectivity index (χ0) is 26.6. The van der Waals surface area contributed by atoms with Gasteiger partial charge in [-0.15, -0.1) is 11.3 Å². The second-order valence-corrected chi connectivity index (χ2v) is 11.2. The van der Waals surface area contributed by atoms with Crippen molar-refractivity contribution in [3.63, 3.8) is 0 Å². The zero-order valence-corrected chi connectivity index (χ0v) is 23.2. The predicted octanol–water partition coefficient (Wildman–Crippen LogP) is 7.61. The minimum absolute atomic E-state index is 0.133. The number of aromatic amines is 1. The molecule has 0 fully saturated rings. The first-order valence-corrected chi connectivity index (χ1v) is 14.0. The van der Waals surface area contributed by atoms with E-state index in [4.69, 9.17) is 9.72 Å². The fraction of sp³-hybridized carbons (Fsp3) is 0.167. The van der Waals surface area contributed by atoms with E-state index in [0.717, 1.165) is 39.5 Å². The molecule has 0 saturated carbocycles. The van der Waals surface area contributed by atoms with Crippen LogP contribution in [-0.2, 0) is 4.79 Å². The van der Waals surface area contributed by atoms with Crippen molar-refractivity contribution in [2.45, 2.75) is 31.2 Å². The van der Waals surface area contributed by atoms with E-state index in [1.807, 2.05) is 36.6 Å². The van der Waals surface area contributed by atoms with Crippen LogP contribution in [0.5, 0.6) is 5.75 Å². The highest BCUT2D eigenvalue weighted by atomic mass is 32.2. The van der Waals surface area contributed by atoms with Gasteiger partial charge in [-0.2, -0.15) is 0 Å². The SMILES string of the molecule is COc1cccc(-c2csc(NC(=O)C(C)Sc3nc(-c4ccc(C)cc4)c(-c4ccc(C)cc4)[nH]3)n2)c1. The maximum Gasteiger partial charge on any atom is 0.239 e. The van der Waals surface area contributed by atoms with Crippen molar-refractivity contribution in [1.29, 1.82) is 0 Å². The molecule has 0 spiro atoms. The molecule has 1 unspecified atom stereocenters. The van der Waals surface area contributed by atoms with Gasteiger partial charge in [0.05, 0.1) is 29.4 Å². The Labute approximate surface area is 230 Å². The maximum atomic E-state index is 13.0. The molecule has 0 aliphatic rings. The molecule has 2 heterocycles. The summed E-state index contributed by atoms with van der Waals surface area (Å²) >= 11 is 2.79. The Morgan fingerprint density at radius 1 is 0.947 bits per heavy atom. The molecule has 2 aromatic heterocycles. The van der Waals surface area contributed by atoms with E-state index in [-0.39, 0.29) is 11.2 Å². The molecule has 0 bridgehead atoms. The summed E-state index contributed by atoms with van der Waals surface area (Å²) in [4.78, 5) is 26.0. The lowest BCUT2D eigenvalue weighted by Gasteiger charge is -2.08. The van der Waals surface area contributed by atoms with Gasteiger partial charge < -0.3 is 15.0 Å². The van der Waals surface area contributed by atoms with Gasteiger partial charge in [0.2, 0.25) is 5.91 Å². The number of nitrogens with zero attached hydrogens (tertiary/aromatic N) is 2. The van der Waals surface area contributed by atoms with E-state index < -0.39 is 0 Å². The Morgan fingerprint density at radius 3 is 2.32 bits per heavy atom. The van der Waals surface area contributed by atoms with Gasteiger partial charge in [0.15, 0.2) is 10.3 Å². The molecule has 0 aliphatic carbocycles. The minimum atomic E-state index is -0.387. The van der Waals surface area contributed by atoms with Crippen LogP contribution in [-0.4, -0.2) is 33.2 Å². The number of hydrogen-bond donors (Lipinski definition) is 2. The van der Waals surface area contributed by atoms with Crippen LogP contribution in [0.4, 0.5) is 5.13 Å². The Hall–Kier alpha value is -3.88. The van der Waals surface area contributed by atoms with Crippen molar-refractivity contribution < 1.29 is 9.53 Å². The molecule has 2 N–H and O–H groups in total. The van der Waals surface area contributed by atoms with E-state index in [1.165, 1.54) is 34.2 Å². The molecule has 8 heteroatoms. The smallest absolute Gasteiger partial charge is 0.239 e. The quantitative estimate of drug-likeness (QED) is 0.198. The maximum absolute atomic E-state index is 13.0. The summed E-state index contributed by atoms with van der Waals surface area (Å²) in [6.07, 6.45) is 0. The van der Waals surface area contributed by atoms with Gasteiger partial charge in [-0.25, -0.2) is 9.97 Å². The van der Waals surface area contributed by atoms with E-state index in [9.17, 15) is 4.79 Å². The lowest BCUT2D eigenvalue weighted by molar-refractivity contribution is -0.115. The van der Waals surface area contributed by atoms with Crippen molar-refractivity contribution in [2.24, 2.45) is 0 Å². The van der Waals surface area contributed by atoms with Crippen LogP contribution in [0.25, 0.3) is 33.8 Å². The number of imidazole rings is 1. The Kier molecular flexibility index (Phi) is 7.62. The lowest BCUT2D eigenvalue weighted by Crippen LogP contribution is -2.22. The second-order valence-electron chi connectivity index (χ2n) is 9.02. The Morgan fingerprint density at radius 2 is 1.63 bits per heavy atom. The molecule has 5 aromatic rings. The number of benzene rings is 3. The number of carbonyl (C=O) groups excluding carboxylic acids is 1. The number of thioether (sulfide) groups is 1. The van der Waals surface area contributed by atoms with Gasteiger partial charge in [-0.05, 0) is 32.9 Å². The van der Waals surface area contributed by atoms with Crippen LogP contribution >= 0.6 is 23.1 Å². The van der Waals surface area contributed by atoms with Crippen LogP contribution in [0.2, 0.25) is 0 Å². The zero-order valence-electron chi connectivity index (χ0n) is 21.6. The number of thiazole rings is 1. The third kappa shape index (κ3) is 5.82. The number of anilines is 1. The summed E-state index contributed by atoms with van der Waals surface area (Å²) in [6, 6.07) is 24.4. The topological polar surface area (TPSA) is 79.9 Å². The standard InChI is InChI=1S/C30H28N4O2S2/c1-18-8-12-21(13-9-18)26-27(22-14-10-19(2)11-15-22)33-30(32-26)38-20(3)28(35)34-29-31-25(17-37-29)23-6-5-7-24(16-23)36-4/h5-17,20H,1-4H3,(H,32,33)(H,31,34,35). The highest BCUT2D eigenvalue weighted by Crippen LogP contribution is 2.35. The first-order valence-electron chi connectivity index (χ1n) is 12.2. The highest BCUT2D eigenvalue weighted by Gasteiger charge is 2.21. The fourth-order valence-corrected chi connectivity index (χ4v) is 5.46. The molecule has 0 radical (unpaired) electrons. The van der Waals surface area contributed by atoms with Crippen molar-refractivity contribution in [3.05, 3.63) is 89.3 Å². The number of methoxy groups -OCH3 is 1. The first kappa shape index (κ1) is 25.8. The predicted molar refractivity (Wildman–Crippen MR) is 157 cm³/mol. The molecule has 0 aliphatic heterocycles. The number of carbonyl (C=O) groups is 1. The monoisotopic (exact) mass is 540 g/mol. The van der Waals surface area contributed by atoms with Crippen LogP contribution < -0.4 is 10.1 Å². The molecule has 6 nitrogen and oxygen atoms in total. The number of aryl methyl sites for hydroxylation is 2. The fourth-order valence-electron chi connectivity index (χ4n) is 3.93. The van der Waals surface area contributed by atoms with E-state index in [1.54, 1.807) is 7.11 Å². The molecule has 192 valence electrons. The van der Waals surface area contributed by atoms with Crippen LogP contribution in [0, 0.1) is 13.8 Å². The largest absolute Gasteiger partial charge is 0.497 e. The number of aromatic nitrogens is 3. The van der Waals surface area contributed by atoms with E-state index in [2.05, 4.69) is 77.7 Å². The highest BCUT2D eigenvalue weighted by molar-refractivity contribution is 8.00. The van der Waals surface area contributed by atoms with Gasteiger partial charge in [0.1, 0.15) is 5.75 Å². The minimum Gasteiger partial charge on any atom is -0.497 e. The summed E-state index contributed by atoms with van der Waals surface area (Å²) in [7, 11) is 1.64. The first-order chi connectivity index (χ1) is 18.4. The van der Waals surface area contributed by atoms with Crippen LogP contribution in [0.3, 0.4) is 0 Å². The summed E-state index contributed by atoms with van der Waals surface area (Å²) in [5.74, 6) is 0.631. The molecular weight excluding hydrogens is 512 g/mol. The lowest BCUT2D eigenvalue weighted by atomic mass is 10.0. The Balaban J connectivity index is 1.34. The summed E-state index contributed by atoms with van der Waals surface area (Å²) < 4.78 is 5.31. The normalized spacial score (nSPS) is 11.8. The summed E-state index contributed by atoms with van der Waals surface area (Å²) in [6.45, 7) is 6.01. The molecule has 1 atom stereocenters. The summed E-state index contributed by atoms with van der Waals surface area (Å²) in [5.41, 5.74) is 8.00. The van der Waals surface area contributed by atoms with E-state index >= 15 is 0 Å². The number of H-pyrrole nitrogens is 1. The average molecular weight is 541 g/mol. The molecular formula is C30H28N4O2S2. The van der Waals surface area contributed by atoms with Gasteiger partial charge in [-0.3, -0.25) is 4.79 Å². The summed E-state index contributed by atoms with van der Waals surface area (Å²) in [5, 5.41) is 5.74. The van der Waals surface area contributed by atoms with Gasteiger partial charge in [-0.1, -0.05) is 83.6 Å². The van der Waals surface area contributed by atoms with Crippen molar-refractivity contribution in [1.82, 2.24) is 15.0 Å². The molecule has 0 saturated heterocycles. The van der Waals surface area contributed by atoms with Crippen LogP contribution in [0.1, 0.15) is 18.1 Å². The Bertz CT molecular complexity index is 1490. The number of nitrogens with one attached hydrogen (secondary N) is 2. The van der Waals surface area contributed by atoms with Crippen molar-refractivity contribution in [3.8, 4) is 39.5 Å². The molecule has 5 rings (SSSR count). The third-order valence-corrected chi connectivity index (χ3v) is 7.85. The van der Waals surface area contributed by atoms with Crippen LogP contribution in [0.15, 0.2) is 83.3 Å².